The number of pyridine rings is 1. The van der Waals surface area contributed by atoms with Crippen LogP contribution in [0.1, 0.15) is 52.5 Å². The molecule has 5 rings (SSSR count). The van der Waals surface area contributed by atoms with Gasteiger partial charge in [-0.25, -0.2) is 0 Å². The predicted octanol–water partition coefficient (Wildman–Crippen LogP) is 8.38. The van der Waals surface area contributed by atoms with Crippen molar-refractivity contribution < 1.29 is 9.36 Å². The van der Waals surface area contributed by atoms with Gasteiger partial charge in [0.1, 0.15) is 6.54 Å². The standard InChI is InChI=1S/C37H36NO/c1-2-3-26-38-35(25-23-32-16-10-11-17-36(32)38)24-20-29-18-21-33(22-19-29)37(39)34(27-30-12-6-4-7-13-30)28-31-14-8-5-9-15-31/h4-25,34H,2-3,26-28H2,1H3/q+1. The smallest absolute Gasteiger partial charge is 0.212 e. The highest BCUT2D eigenvalue weighted by Crippen LogP contribution is 2.21. The molecule has 1 aromatic heterocycles. The van der Waals surface area contributed by atoms with Crippen LogP contribution in [-0.2, 0) is 19.4 Å². The van der Waals surface area contributed by atoms with Crippen molar-refractivity contribution in [2.75, 3.05) is 0 Å². The van der Waals surface area contributed by atoms with Crippen molar-refractivity contribution >= 4 is 28.8 Å². The summed E-state index contributed by atoms with van der Waals surface area (Å²) in [5.74, 6) is 0.0940. The van der Waals surface area contributed by atoms with E-state index in [9.17, 15) is 4.79 Å². The van der Waals surface area contributed by atoms with E-state index < -0.39 is 0 Å². The lowest BCUT2D eigenvalue weighted by Gasteiger charge is -2.17. The molecule has 0 radical (unpaired) electrons. The van der Waals surface area contributed by atoms with Gasteiger partial charge in [0.15, 0.2) is 5.78 Å². The van der Waals surface area contributed by atoms with Gasteiger partial charge in [0.2, 0.25) is 11.2 Å². The number of carbonyl (C=O) groups is 1. The molecule has 5 aromatic rings. The molecule has 0 aliphatic heterocycles. The summed E-state index contributed by atoms with van der Waals surface area (Å²) in [6.07, 6.45) is 8.10. The zero-order valence-electron chi connectivity index (χ0n) is 22.7. The first-order valence-corrected chi connectivity index (χ1v) is 14.0. The minimum absolute atomic E-state index is 0.105. The number of aryl methyl sites for hydroxylation is 1. The summed E-state index contributed by atoms with van der Waals surface area (Å²) in [5, 5.41) is 1.26. The summed E-state index contributed by atoms with van der Waals surface area (Å²) in [6.45, 7) is 3.23. The first-order chi connectivity index (χ1) is 19.2. The maximum atomic E-state index is 13.7. The summed E-state index contributed by atoms with van der Waals surface area (Å²) in [5.41, 5.74) is 6.69. The van der Waals surface area contributed by atoms with Crippen LogP contribution in [0.3, 0.4) is 0 Å². The molecule has 0 bridgehead atoms. The fourth-order valence-corrected chi connectivity index (χ4v) is 5.22. The third kappa shape index (κ3) is 6.78. The van der Waals surface area contributed by atoms with Gasteiger partial charge in [-0.2, -0.15) is 4.57 Å². The van der Waals surface area contributed by atoms with Gasteiger partial charge < -0.3 is 0 Å². The molecule has 0 saturated heterocycles. The second-order valence-electron chi connectivity index (χ2n) is 10.2. The van der Waals surface area contributed by atoms with E-state index in [4.69, 9.17) is 0 Å². The third-order valence-electron chi connectivity index (χ3n) is 7.37. The number of hydrogen-bond acceptors (Lipinski definition) is 1. The number of para-hydroxylation sites is 1. The molecule has 39 heavy (non-hydrogen) atoms. The monoisotopic (exact) mass is 510 g/mol. The quantitative estimate of drug-likeness (QED) is 0.129. The Kier molecular flexibility index (Phi) is 8.75. The van der Waals surface area contributed by atoms with Gasteiger partial charge in [0, 0.05) is 41.5 Å². The van der Waals surface area contributed by atoms with Crippen LogP contribution in [0.2, 0.25) is 0 Å². The van der Waals surface area contributed by atoms with E-state index >= 15 is 0 Å². The van der Waals surface area contributed by atoms with Crippen LogP contribution < -0.4 is 4.57 Å². The molecule has 0 aliphatic rings. The van der Waals surface area contributed by atoms with E-state index in [1.54, 1.807) is 0 Å². The van der Waals surface area contributed by atoms with Gasteiger partial charge in [-0.05, 0) is 47.7 Å². The number of Topliss-reactive ketones (excluding diaryl/α,β-unsaturated/α-hetero) is 1. The lowest BCUT2D eigenvalue weighted by molar-refractivity contribution is -0.673. The molecule has 194 valence electrons. The second-order valence-corrected chi connectivity index (χ2v) is 10.2. The Bertz CT molecular complexity index is 1490. The number of ketones is 1. The topological polar surface area (TPSA) is 20.9 Å². The Morgan fingerprint density at radius 3 is 1.95 bits per heavy atom. The van der Waals surface area contributed by atoms with Crippen molar-refractivity contribution in [3.05, 3.63) is 149 Å². The van der Waals surface area contributed by atoms with Gasteiger partial charge in [-0.15, -0.1) is 0 Å². The number of unbranched alkanes of at least 4 members (excludes halogenated alkanes) is 1. The molecule has 0 saturated carbocycles. The molecule has 2 nitrogen and oxygen atoms in total. The highest BCUT2D eigenvalue weighted by molar-refractivity contribution is 5.98. The van der Waals surface area contributed by atoms with Crippen molar-refractivity contribution in [1.29, 1.82) is 0 Å². The largest absolute Gasteiger partial charge is 0.294 e. The van der Waals surface area contributed by atoms with Crippen LogP contribution in [0.4, 0.5) is 0 Å². The van der Waals surface area contributed by atoms with Gasteiger partial charge in [0.25, 0.3) is 0 Å². The number of nitrogens with zero attached hydrogens (tertiary/aromatic N) is 1. The van der Waals surface area contributed by atoms with E-state index in [1.165, 1.54) is 27.7 Å². The minimum atomic E-state index is -0.105. The molecular formula is C37H36NO+. The summed E-state index contributed by atoms with van der Waals surface area (Å²) in [7, 11) is 0. The molecule has 0 atom stereocenters. The Labute approximate surface area is 232 Å². The van der Waals surface area contributed by atoms with Gasteiger partial charge in [-0.1, -0.05) is 110 Å². The highest BCUT2D eigenvalue weighted by Gasteiger charge is 2.21. The molecule has 4 aromatic carbocycles. The number of rotatable bonds is 11. The minimum Gasteiger partial charge on any atom is -0.294 e. The molecule has 0 spiro atoms. The number of hydrogen-bond donors (Lipinski definition) is 0. The van der Waals surface area contributed by atoms with Crippen LogP contribution >= 0.6 is 0 Å². The molecule has 0 amide bonds. The van der Waals surface area contributed by atoms with Crippen molar-refractivity contribution in [3.63, 3.8) is 0 Å². The Morgan fingerprint density at radius 1 is 0.692 bits per heavy atom. The molecule has 0 unspecified atom stereocenters. The maximum Gasteiger partial charge on any atom is 0.212 e. The molecular weight excluding hydrogens is 474 g/mol. The van der Waals surface area contributed by atoms with E-state index in [2.05, 4.69) is 96.4 Å². The van der Waals surface area contributed by atoms with Crippen LogP contribution in [0, 0.1) is 5.92 Å². The molecule has 0 fully saturated rings. The normalized spacial score (nSPS) is 11.4. The van der Waals surface area contributed by atoms with Gasteiger partial charge >= 0.3 is 0 Å². The Morgan fingerprint density at radius 2 is 1.31 bits per heavy atom. The summed E-state index contributed by atoms with van der Waals surface area (Å²) >= 11 is 0. The van der Waals surface area contributed by atoms with E-state index in [-0.39, 0.29) is 11.7 Å². The van der Waals surface area contributed by atoms with E-state index in [1.807, 2.05) is 48.5 Å². The average Bonchev–Trinajstić information content (AvgIpc) is 2.99. The molecule has 0 N–H and O–H groups in total. The van der Waals surface area contributed by atoms with Gasteiger partial charge in [0.05, 0.1) is 0 Å². The number of carbonyl (C=O) groups excluding carboxylic acids is 1. The lowest BCUT2D eigenvalue weighted by Crippen LogP contribution is -2.37. The zero-order chi connectivity index (χ0) is 26.9. The van der Waals surface area contributed by atoms with E-state index in [0.29, 0.717) is 0 Å². The van der Waals surface area contributed by atoms with Crippen LogP contribution in [0.15, 0.2) is 121 Å². The summed E-state index contributed by atoms with van der Waals surface area (Å²) in [6, 6.07) is 41.7. The van der Waals surface area contributed by atoms with Crippen molar-refractivity contribution in [3.8, 4) is 0 Å². The Balaban J connectivity index is 1.36. The van der Waals surface area contributed by atoms with Crippen molar-refractivity contribution in [2.45, 2.75) is 39.2 Å². The molecule has 2 heteroatoms. The summed E-state index contributed by atoms with van der Waals surface area (Å²) in [4.78, 5) is 13.7. The molecule has 0 aliphatic carbocycles. The average molecular weight is 511 g/mol. The van der Waals surface area contributed by atoms with Crippen molar-refractivity contribution in [1.82, 2.24) is 0 Å². The highest BCUT2D eigenvalue weighted by atomic mass is 16.1. The first kappa shape index (κ1) is 26.3. The van der Waals surface area contributed by atoms with Gasteiger partial charge in [-0.3, -0.25) is 4.79 Å². The number of fused-ring (bicyclic) bond motifs is 1. The van der Waals surface area contributed by atoms with Crippen LogP contribution in [-0.4, -0.2) is 5.78 Å². The Hall–Kier alpha value is -4.30. The summed E-state index contributed by atoms with van der Waals surface area (Å²) < 4.78 is 2.41. The lowest BCUT2D eigenvalue weighted by atomic mass is 9.86. The predicted molar refractivity (Wildman–Crippen MR) is 163 cm³/mol. The second kappa shape index (κ2) is 13.0. The third-order valence-corrected chi connectivity index (χ3v) is 7.37. The fraction of sp³-hybridized carbons (Fsp3) is 0.189. The first-order valence-electron chi connectivity index (χ1n) is 14.0. The molecule has 1 heterocycles. The maximum absolute atomic E-state index is 13.7. The van der Waals surface area contributed by atoms with Crippen molar-refractivity contribution in [2.24, 2.45) is 5.92 Å². The zero-order valence-corrected chi connectivity index (χ0v) is 22.7. The SMILES string of the molecule is CCCC[n+]1c(C=Cc2ccc(C(=O)C(Cc3ccccc3)Cc3ccccc3)cc2)ccc2ccccc21. The number of benzene rings is 4. The van der Waals surface area contributed by atoms with E-state index in [0.717, 1.165) is 43.4 Å². The van der Waals surface area contributed by atoms with Crippen LogP contribution in [0.25, 0.3) is 23.1 Å². The van der Waals surface area contributed by atoms with Crippen LogP contribution in [0.5, 0.6) is 0 Å². The number of aromatic nitrogens is 1. The fourth-order valence-electron chi connectivity index (χ4n) is 5.22.